The maximum Gasteiger partial charge on any atom is 0.144 e. The summed E-state index contributed by atoms with van der Waals surface area (Å²) in [5.41, 5.74) is 0.792. The summed E-state index contributed by atoms with van der Waals surface area (Å²) in [5, 5.41) is 3.71. The molecule has 118 valence electrons. The van der Waals surface area contributed by atoms with E-state index in [0.29, 0.717) is 12.0 Å². The van der Waals surface area contributed by atoms with Gasteiger partial charge in [0, 0.05) is 6.04 Å². The average molecular weight is 312 g/mol. The average Bonchev–Trinajstić information content (AvgIpc) is 2.43. The van der Waals surface area contributed by atoms with Gasteiger partial charge in [0.05, 0.1) is 5.02 Å². The smallest absolute Gasteiger partial charge is 0.144 e. The third-order valence-electron chi connectivity index (χ3n) is 5.16. The first-order valence-corrected chi connectivity index (χ1v) is 8.33. The topological polar surface area (TPSA) is 12.0 Å². The van der Waals surface area contributed by atoms with Crippen LogP contribution in [0.4, 0.5) is 4.39 Å². The maximum absolute atomic E-state index is 14.2. The summed E-state index contributed by atoms with van der Waals surface area (Å²) < 4.78 is 14.2. The zero-order valence-corrected chi connectivity index (χ0v) is 14.3. The Morgan fingerprint density at radius 1 is 1.33 bits per heavy atom. The maximum atomic E-state index is 14.2. The van der Waals surface area contributed by atoms with Crippen molar-refractivity contribution in [1.82, 2.24) is 5.32 Å². The Balaban J connectivity index is 2.18. The predicted molar refractivity (Wildman–Crippen MR) is 88.2 cm³/mol. The van der Waals surface area contributed by atoms with Gasteiger partial charge in [0.25, 0.3) is 0 Å². The zero-order chi connectivity index (χ0) is 15.6. The molecule has 1 aromatic carbocycles. The summed E-state index contributed by atoms with van der Waals surface area (Å²) in [6, 6.07) is 5.84. The third-order valence-corrected chi connectivity index (χ3v) is 5.46. The molecule has 21 heavy (non-hydrogen) atoms. The van der Waals surface area contributed by atoms with Gasteiger partial charge in [-0.25, -0.2) is 4.39 Å². The fourth-order valence-electron chi connectivity index (χ4n) is 3.94. The number of nitrogens with one attached hydrogen (secondary N) is 1. The quantitative estimate of drug-likeness (QED) is 0.818. The second-order valence-corrected chi connectivity index (χ2v) is 7.71. The van der Waals surface area contributed by atoms with Crippen molar-refractivity contribution in [2.75, 3.05) is 7.05 Å². The molecule has 1 saturated carbocycles. The fraction of sp³-hybridized carbons (Fsp3) is 0.667. The SMILES string of the molecule is CNC1CC(C)CCC1C(C)(C)Cc1cccc(Cl)c1F. The minimum Gasteiger partial charge on any atom is -0.317 e. The number of hydrogen-bond donors (Lipinski definition) is 1. The lowest BCUT2D eigenvalue weighted by atomic mass is 9.64. The first kappa shape index (κ1) is 16.8. The van der Waals surface area contributed by atoms with Crippen LogP contribution < -0.4 is 5.32 Å². The van der Waals surface area contributed by atoms with E-state index in [-0.39, 0.29) is 16.3 Å². The molecular weight excluding hydrogens is 285 g/mol. The van der Waals surface area contributed by atoms with Gasteiger partial charge in [-0.15, -0.1) is 0 Å². The Bertz CT molecular complexity index is 486. The molecule has 1 N–H and O–H groups in total. The normalized spacial score (nSPS) is 26.9. The van der Waals surface area contributed by atoms with Crippen molar-refractivity contribution >= 4 is 11.6 Å². The molecule has 0 saturated heterocycles. The van der Waals surface area contributed by atoms with Crippen molar-refractivity contribution in [3.63, 3.8) is 0 Å². The van der Waals surface area contributed by atoms with E-state index < -0.39 is 0 Å². The molecule has 3 atom stereocenters. The van der Waals surface area contributed by atoms with E-state index in [1.807, 2.05) is 19.2 Å². The molecule has 0 amide bonds. The molecule has 0 bridgehead atoms. The molecule has 3 unspecified atom stereocenters. The lowest BCUT2D eigenvalue weighted by Crippen LogP contribution is -2.46. The van der Waals surface area contributed by atoms with Crippen molar-refractivity contribution in [1.29, 1.82) is 0 Å². The Hall–Kier alpha value is -0.600. The van der Waals surface area contributed by atoms with Crippen molar-refractivity contribution < 1.29 is 4.39 Å². The Morgan fingerprint density at radius 2 is 2.05 bits per heavy atom. The largest absolute Gasteiger partial charge is 0.317 e. The number of rotatable bonds is 4. The van der Waals surface area contributed by atoms with Gasteiger partial charge in [-0.2, -0.15) is 0 Å². The monoisotopic (exact) mass is 311 g/mol. The van der Waals surface area contributed by atoms with E-state index in [2.05, 4.69) is 26.1 Å². The molecule has 2 rings (SSSR count). The standard InChI is InChI=1S/C18H27ClFN/c1-12-8-9-14(16(10-12)21-4)18(2,3)11-13-6-5-7-15(19)17(13)20/h5-7,12,14,16,21H,8-11H2,1-4H3. The first-order chi connectivity index (χ1) is 9.85. The van der Waals surface area contributed by atoms with Crippen LogP contribution in [-0.2, 0) is 6.42 Å². The van der Waals surface area contributed by atoms with E-state index >= 15 is 0 Å². The van der Waals surface area contributed by atoms with E-state index in [1.54, 1.807) is 6.07 Å². The molecule has 0 spiro atoms. The molecule has 1 fully saturated rings. The Labute approximate surface area is 133 Å². The van der Waals surface area contributed by atoms with Gasteiger partial charge in [0.15, 0.2) is 0 Å². The van der Waals surface area contributed by atoms with Crippen LogP contribution >= 0.6 is 11.6 Å². The molecule has 1 aromatic rings. The van der Waals surface area contributed by atoms with E-state index in [4.69, 9.17) is 11.6 Å². The summed E-state index contributed by atoms with van der Waals surface area (Å²) in [7, 11) is 2.05. The highest BCUT2D eigenvalue weighted by Gasteiger charge is 2.38. The summed E-state index contributed by atoms with van der Waals surface area (Å²) >= 11 is 5.92. The van der Waals surface area contributed by atoms with Crippen LogP contribution in [0.15, 0.2) is 18.2 Å². The minimum atomic E-state index is -0.252. The predicted octanol–water partition coefficient (Wildman–Crippen LogP) is 5.07. The highest BCUT2D eigenvalue weighted by Crippen LogP contribution is 2.42. The van der Waals surface area contributed by atoms with E-state index in [1.165, 1.54) is 19.3 Å². The molecular formula is C18H27ClFN. The second kappa shape index (κ2) is 6.66. The summed E-state index contributed by atoms with van der Waals surface area (Å²) in [6.45, 7) is 6.85. The zero-order valence-electron chi connectivity index (χ0n) is 13.5. The lowest BCUT2D eigenvalue weighted by molar-refractivity contribution is 0.0973. The fourth-order valence-corrected chi connectivity index (χ4v) is 4.14. The molecule has 0 aliphatic heterocycles. The van der Waals surface area contributed by atoms with Crippen molar-refractivity contribution in [3.05, 3.63) is 34.6 Å². The van der Waals surface area contributed by atoms with Gasteiger partial charge in [-0.05, 0) is 55.2 Å². The van der Waals surface area contributed by atoms with Gasteiger partial charge >= 0.3 is 0 Å². The molecule has 1 aliphatic rings. The number of benzene rings is 1. The minimum absolute atomic E-state index is 0.0549. The summed E-state index contributed by atoms with van der Waals surface area (Å²) in [6.07, 6.45) is 4.42. The summed E-state index contributed by atoms with van der Waals surface area (Å²) in [4.78, 5) is 0. The number of halogens is 2. The second-order valence-electron chi connectivity index (χ2n) is 7.30. The van der Waals surface area contributed by atoms with E-state index in [0.717, 1.165) is 17.9 Å². The van der Waals surface area contributed by atoms with Crippen molar-refractivity contribution in [3.8, 4) is 0 Å². The molecule has 1 aliphatic carbocycles. The van der Waals surface area contributed by atoms with Crippen LogP contribution in [0.25, 0.3) is 0 Å². The van der Waals surface area contributed by atoms with Gasteiger partial charge in [-0.1, -0.05) is 50.9 Å². The van der Waals surface area contributed by atoms with Crippen LogP contribution in [0.3, 0.4) is 0 Å². The van der Waals surface area contributed by atoms with Gasteiger partial charge < -0.3 is 5.32 Å². The Morgan fingerprint density at radius 3 is 2.71 bits per heavy atom. The third kappa shape index (κ3) is 3.78. The summed E-state index contributed by atoms with van der Waals surface area (Å²) in [5.74, 6) is 1.09. The Kier molecular flexibility index (Phi) is 5.32. The van der Waals surface area contributed by atoms with Crippen LogP contribution in [0, 0.1) is 23.1 Å². The van der Waals surface area contributed by atoms with Crippen molar-refractivity contribution in [2.24, 2.45) is 17.3 Å². The van der Waals surface area contributed by atoms with Crippen molar-refractivity contribution in [2.45, 2.75) is 52.5 Å². The van der Waals surface area contributed by atoms with Gasteiger partial charge in [0.2, 0.25) is 0 Å². The highest BCUT2D eigenvalue weighted by atomic mass is 35.5. The van der Waals surface area contributed by atoms with Crippen LogP contribution in [0.2, 0.25) is 5.02 Å². The molecule has 3 heteroatoms. The first-order valence-electron chi connectivity index (χ1n) is 7.95. The van der Waals surface area contributed by atoms with Crippen LogP contribution in [0.5, 0.6) is 0 Å². The van der Waals surface area contributed by atoms with Crippen LogP contribution in [0.1, 0.15) is 45.6 Å². The molecule has 0 radical (unpaired) electrons. The van der Waals surface area contributed by atoms with E-state index in [9.17, 15) is 4.39 Å². The van der Waals surface area contributed by atoms with Crippen LogP contribution in [-0.4, -0.2) is 13.1 Å². The van der Waals surface area contributed by atoms with Gasteiger partial charge in [0.1, 0.15) is 5.82 Å². The van der Waals surface area contributed by atoms with Gasteiger partial charge in [-0.3, -0.25) is 0 Å². The molecule has 0 heterocycles. The highest BCUT2D eigenvalue weighted by molar-refractivity contribution is 6.30. The lowest BCUT2D eigenvalue weighted by Gasteiger charge is -2.44. The molecule has 1 nitrogen and oxygen atoms in total. The number of hydrogen-bond acceptors (Lipinski definition) is 1. The molecule has 0 aromatic heterocycles.